The number of hydrogen-bond donors (Lipinski definition) is 3. The van der Waals surface area contributed by atoms with Crippen LogP contribution in [0.15, 0.2) is 0 Å². The third kappa shape index (κ3) is 70.3. The van der Waals surface area contributed by atoms with Crippen LogP contribution in [0.3, 0.4) is 0 Å². The summed E-state index contributed by atoms with van der Waals surface area (Å²) in [7, 11) is -9.91. The number of unbranched alkanes of at least 4 members (excludes halogenated alkanes) is 45. The number of esters is 4. The summed E-state index contributed by atoms with van der Waals surface area (Å²) in [6.07, 6.45) is 55.5. The zero-order chi connectivity index (χ0) is 70.0. The smallest absolute Gasteiger partial charge is 0.462 e. The van der Waals surface area contributed by atoms with Crippen LogP contribution in [0.4, 0.5) is 0 Å². The van der Waals surface area contributed by atoms with Crippen molar-refractivity contribution in [3.05, 3.63) is 0 Å². The van der Waals surface area contributed by atoms with Gasteiger partial charge in [0.25, 0.3) is 0 Å². The molecule has 3 N–H and O–H groups in total. The van der Waals surface area contributed by atoms with Crippen LogP contribution in [0.25, 0.3) is 0 Å². The second-order valence-electron chi connectivity index (χ2n) is 28.3. The van der Waals surface area contributed by atoms with Crippen LogP contribution < -0.4 is 0 Å². The van der Waals surface area contributed by atoms with Gasteiger partial charge in [-0.1, -0.05) is 343 Å². The van der Waals surface area contributed by atoms with Crippen LogP contribution in [-0.2, 0) is 65.4 Å². The van der Waals surface area contributed by atoms with Gasteiger partial charge < -0.3 is 33.8 Å². The molecule has 0 aromatic carbocycles. The highest BCUT2D eigenvalue weighted by Crippen LogP contribution is 2.45. The Hall–Kier alpha value is -1.94. The number of carbonyl (C=O) groups excluding carboxylic acids is 4. The molecule has 5 atom stereocenters. The van der Waals surface area contributed by atoms with Gasteiger partial charge in [0, 0.05) is 25.7 Å². The highest BCUT2D eigenvalue weighted by atomic mass is 31.2. The SMILES string of the molecule is CCCCCCCCCCCCCCCCCCC(=O)OC[C@H](COP(=O)(O)OC[C@@H](O)COP(=O)(O)OC[C@@H](COC(=O)CCCCCCCCCC)OC(=O)CCCCCCCCCCCCC(C)C)OC(=O)CCCCCCCCCCCCCCCCCC(C)C. The van der Waals surface area contributed by atoms with E-state index < -0.39 is 97.5 Å². The first-order valence-corrected chi connectivity index (χ1v) is 42.5. The lowest BCUT2D eigenvalue weighted by Gasteiger charge is -2.21. The summed E-state index contributed by atoms with van der Waals surface area (Å²) in [5.74, 6) is -0.562. The number of ether oxygens (including phenoxy) is 4. The van der Waals surface area contributed by atoms with E-state index in [2.05, 4.69) is 41.5 Å². The molecule has 0 spiro atoms. The molecule has 0 aliphatic rings. The van der Waals surface area contributed by atoms with Crippen molar-refractivity contribution in [1.29, 1.82) is 0 Å². The Bertz CT molecular complexity index is 1840. The van der Waals surface area contributed by atoms with Crippen molar-refractivity contribution in [3.63, 3.8) is 0 Å². The van der Waals surface area contributed by atoms with E-state index in [4.69, 9.17) is 37.0 Å². The van der Waals surface area contributed by atoms with Gasteiger partial charge in [0.2, 0.25) is 0 Å². The molecule has 0 fully saturated rings. The normalized spacial score (nSPS) is 14.0. The number of aliphatic hydroxyl groups excluding tert-OH is 1. The van der Waals surface area contributed by atoms with E-state index >= 15 is 0 Å². The summed E-state index contributed by atoms with van der Waals surface area (Å²) in [6.45, 7) is 9.59. The van der Waals surface area contributed by atoms with Gasteiger partial charge in [-0.05, 0) is 37.5 Å². The molecule has 0 amide bonds. The molecule has 0 bridgehead atoms. The van der Waals surface area contributed by atoms with Crippen LogP contribution in [-0.4, -0.2) is 96.7 Å². The number of hydrogen-bond acceptors (Lipinski definition) is 15. The van der Waals surface area contributed by atoms with Crippen molar-refractivity contribution < 1.29 is 80.2 Å². The lowest BCUT2D eigenvalue weighted by atomic mass is 10.0. The van der Waals surface area contributed by atoms with Gasteiger partial charge in [0.1, 0.15) is 19.3 Å². The van der Waals surface area contributed by atoms with E-state index in [0.717, 1.165) is 108 Å². The molecule has 95 heavy (non-hydrogen) atoms. The number of phosphoric ester groups is 2. The van der Waals surface area contributed by atoms with Crippen LogP contribution in [0.2, 0.25) is 0 Å². The molecular formula is C76H148O17P2. The van der Waals surface area contributed by atoms with Crippen LogP contribution in [0.5, 0.6) is 0 Å². The van der Waals surface area contributed by atoms with E-state index in [-0.39, 0.29) is 25.7 Å². The fraction of sp³-hybridized carbons (Fsp3) is 0.947. The number of rotatable bonds is 75. The second kappa shape index (κ2) is 67.9. The average molecular weight is 1400 g/mol. The van der Waals surface area contributed by atoms with Crippen molar-refractivity contribution in [3.8, 4) is 0 Å². The zero-order valence-corrected chi connectivity index (χ0v) is 63.8. The first-order valence-electron chi connectivity index (χ1n) is 39.5. The lowest BCUT2D eigenvalue weighted by Crippen LogP contribution is -2.30. The first-order chi connectivity index (χ1) is 45.9. The lowest BCUT2D eigenvalue weighted by molar-refractivity contribution is -0.161. The summed E-state index contributed by atoms with van der Waals surface area (Å²) in [4.78, 5) is 72.7. The molecule has 0 aromatic rings. The summed E-state index contributed by atoms with van der Waals surface area (Å²) in [6, 6.07) is 0. The molecule has 0 rings (SSSR count). The van der Waals surface area contributed by atoms with Gasteiger partial charge in [0.15, 0.2) is 12.2 Å². The second-order valence-corrected chi connectivity index (χ2v) is 31.3. The molecule has 19 heteroatoms. The van der Waals surface area contributed by atoms with E-state index in [0.29, 0.717) is 25.7 Å². The summed E-state index contributed by atoms with van der Waals surface area (Å²) in [5.41, 5.74) is 0. The molecule has 0 aliphatic carbocycles. The Balaban J connectivity index is 5.21. The summed E-state index contributed by atoms with van der Waals surface area (Å²) >= 11 is 0. The van der Waals surface area contributed by atoms with Gasteiger partial charge in [0.05, 0.1) is 26.4 Å². The van der Waals surface area contributed by atoms with Crippen molar-refractivity contribution in [2.75, 3.05) is 39.6 Å². The van der Waals surface area contributed by atoms with Crippen molar-refractivity contribution in [2.45, 2.75) is 413 Å². The fourth-order valence-electron chi connectivity index (χ4n) is 11.7. The maximum absolute atomic E-state index is 13.1. The minimum absolute atomic E-state index is 0.106. The molecule has 0 aliphatic heterocycles. The van der Waals surface area contributed by atoms with E-state index in [9.17, 15) is 43.2 Å². The monoisotopic (exact) mass is 1400 g/mol. The largest absolute Gasteiger partial charge is 0.472 e. The molecule has 2 unspecified atom stereocenters. The van der Waals surface area contributed by atoms with Gasteiger partial charge in [-0.2, -0.15) is 0 Å². The number of aliphatic hydroxyl groups is 1. The van der Waals surface area contributed by atoms with Gasteiger partial charge in [-0.15, -0.1) is 0 Å². The van der Waals surface area contributed by atoms with E-state index in [1.165, 1.54) is 205 Å². The van der Waals surface area contributed by atoms with Crippen molar-refractivity contribution >= 4 is 39.5 Å². The first kappa shape index (κ1) is 93.1. The van der Waals surface area contributed by atoms with Crippen LogP contribution in [0, 0.1) is 11.8 Å². The Morgan fingerprint density at radius 1 is 0.284 bits per heavy atom. The standard InChI is InChI=1S/C76H148O17P2/c1-7-9-11-13-15-17-18-19-20-23-26-29-35-41-47-53-59-74(79)87-65-72(93-75(80)60-54-48-42-36-30-27-24-21-22-25-28-33-38-44-50-56-68(3)4)67-91-95(84,85)89-63-70(77)62-88-94(82,83)90-66-71(64-86-73(78)58-52-46-40-16-14-12-10-8-2)92-76(81)61-55-49-43-37-32-31-34-39-45-51-57-69(5)6/h68-72,77H,7-67H2,1-6H3,(H,82,83)(H,84,85)/t70-,71+,72+/m0/s1. The molecule has 0 heterocycles. The van der Waals surface area contributed by atoms with Crippen molar-refractivity contribution in [1.82, 2.24) is 0 Å². The van der Waals surface area contributed by atoms with E-state index in [1.807, 2.05) is 0 Å². The number of phosphoric acid groups is 2. The molecule has 0 radical (unpaired) electrons. The zero-order valence-electron chi connectivity index (χ0n) is 62.0. The highest BCUT2D eigenvalue weighted by Gasteiger charge is 2.30. The average Bonchev–Trinajstić information content (AvgIpc) is 1.89. The molecule has 0 aromatic heterocycles. The van der Waals surface area contributed by atoms with E-state index in [1.54, 1.807) is 0 Å². The number of carbonyl (C=O) groups is 4. The summed E-state index contributed by atoms with van der Waals surface area (Å²) in [5, 5.41) is 10.6. The third-order valence-electron chi connectivity index (χ3n) is 17.7. The van der Waals surface area contributed by atoms with Crippen LogP contribution >= 0.6 is 15.6 Å². The van der Waals surface area contributed by atoms with Gasteiger partial charge in [-0.3, -0.25) is 37.3 Å². The third-order valence-corrected chi connectivity index (χ3v) is 19.6. The molecule has 0 saturated heterocycles. The predicted molar refractivity (Wildman–Crippen MR) is 386 cm³/mol. The van der Waals surface area contributed by atoms with Crippen LogP contribution in [0.1, 0.15) is 395 Å². The molecule has 17 nitrogen and oxygen atoms in total. The molecule has 564 valence electrons. The minimum Gasteiger partial charge on any atom is -0.462 e. The maximum atomic E-state index is 13.1. The summed E-state index contributed by atoms with van der Waals surface area (Å²) < 4.78 is 68.5. The van der Waals surface area contributed by atoms with Gasteiger partial charge >= 0.3 is 39.5 Å². The Labute approximate surface area is 581 Å². The van der Waals surface area contributed by atoms with Crippen molar-refractivity contribution in [2.24, 2.45) is 11.8 Å². The Kier molecular flexibility index (Phi) is 66.5. The maximum Gasteiger partial charge on any atom is 0.472 e. The quantitative estimate of drug-likeness (QED) is 0.0222. The molecule has 0 saturated carbocycles. The Morgan fingerprint density at radius 2 is 0.484 bits per heavy atom. The Morgan fingerprint density at radius 3 is 0.716 bits per heavy atom. The predicted octanol–water partition coefficient (Wildman–Crippen LogP) is 22.3. The topological polar surface area (TPSA) is 237 Å². The molecular weight excluding hydrogens is 1250 g/mol. The fourth-order valence-corrected chi connectivity index (χ4v) is 13.2. The van der Waals surface area contributed by atoms with Gasteiger partial charge in [-0.25, -0.2) is 9.13 Å². The highest BCUT2D eigenvalue weighted by molar-refractivity contribution is 7.47. The minimum atomic E-state index is -4.96.